The summed E-state index contributed by atoms with van der Waals surface area (Å²) in [6.07, 6.45) is 5.25. The maximum atomic E-state index is 12.7. The molecule has 0 saturated heterocycles. The van der Waals surface area contributed by atoms with E-state index in [1.165, 1.54) is 12.0 Å². The topological polar surface area (TPSA) is 109 Å². The van der Waals surface area contributed by atoms with Crippen molar-refractivity contribution in [1.29, 1.82) is 0 Å². The van der Waals surface area contributed by atoms with Gasteiger partial charge in [-0.1, -0.05) is 6.92 Å². The zero-order chi connectivity index (χ0) is 17.8. The number of urea groups is 1. The summed E-state index contributed by atoms with van der Waals surface area (Å²) in [5.41, 5.74) is 0.502. The van der Waals surface area contributed by atoms with Crippen LogP contribution in [-0.2, 0) is 4.79 Å². The summed E-state index contributed by atoms with van der Waals surface area (Å²) in [5, 5.41) is 5.55. The van der Waals surface area contributed by atoms with E-state index in [1.807, 2.05) is 6.92 Å². The fourth-order valence-corrected chi connectivity index (χ4v) is 2.47. The average Bonchev–Trinajstić information content (AvgIpc) is 2.65. The van der Waals surface area contributed by atoms with Gasteiger partial charge in [0.15, 0.2) is 17.4 Å². The molecular weight excluding hydrogens is 324 g/mol. The van der Waals surface area contributed by atoms with Gasteiger partial charge in [0.25, 0.3) is 0 Å². The number of anilines is 2. The van der Waals surface area contributed by atoms with Crippen LogP contribution in [0.4, 0.5) is 16.3 Å². The highest BCUT2D eigenvalue weighted by atomic mass is 16.5. The van der Waals surface area contributed by atoms with Gasteiger partial charge in [-0.2, -0.15) is 0 Å². The predicted octanol–water partition coefficient (Wildman–Crippen LogP) is 1.50. The van der Waals surface area contributed by atoms with Gasteiger partial charge in [0.2, 0.25) is 5.91 Å². The Morgan fingerprint density at radius 1 is 1.40 bits per heavy atom. The number of methoxy groups -OCH3 is 1. The summed E-state index contributed by atoms with van der Waals surface area (Å²) in [4.78, 5) is 38.4. The SMILES string of the molecule is CCC(NC(=O)N1CC(=O)Nc2cccnc21)c1ncc(OC)cn1. The minimum atomic E-state index is -0.430. The number of ether oxygens (including phenoxy) is 1. The number of pyridine rings is 1. The summed E-state index contributed by atoms with van der Waals surface area (Å²) in [6.45, 7) is 1.81. The first-order valence-electron chi connectivity index (χ1n) is 7.81. The minimum Gasteiger partial charge on any atom is -0.494 e. The summed E-state index contributed by atoms with van der Waals surface area (Å²) in [7, 11) is 1.53. The molecule has 2 aromatic rings. The Hall–Kier alpha value is -3.23. The van der Waals surface area contributed by atoms with E-state index in [-0.39, 0.29) is 12.5 Å². The van der Waals surface area contributed by atoms with Crippen LogP contribution in [0.3, 0.4) is 0 Å². The van der Waals surface area contributed by atoms with Gasteiger partial charge in [0.1, 0.15) is 6.54 Å². The van der Waals surface area contributed by atoms with Crippen LogP contribution >= 0.6 is 0 Å². The third-order valence-electron chi connectivity index (χ3n) is 3.76. The Morgan fingerprint density at radius 3 is 2.84 bits per heavy atom. The molecule has 0 fully saturated rings. The summed E-state index contributed by atoms with van der Waals surface area (Å²) in [6, 6.07) is 2.57. The van der Waals surface area contributed by atoms with Crippen molar-refractivity contribution in [3.05, 3.63) is 36.5 Å². The van der Waals surface area contributed by atoms with Crippen molar-refractivity contribution in [3.8, 4) is 5.75 Å². The molecule has 0 aromatic carbocycles. The van der Waals surface area contributed by atoms with Crippen LogP contribution in [0.25, 0.3) is 0 Å². The van der Waals surface area contributed by atoms with E-state index in [0.29, 0.717) is 29.5 Å². The molecular formula is C16H18N6O3. The summed E-state index contributed by atoms with van der Waals surface area (Å²) in [5.74, 6) is 1.14. The molecule has 1 atom stereocenters. The van der Waals surface area contributed by atoms with Crippen LogP contribution in [0, 0.1) is 0 Å². The Morgan fingerprint density at radius 2 is 2.16 bits per heavy atom. The van der Waals surface area contributed by atoms with Crippen molar-refractivity contribution in [1.82, 2.24) is 20.3 Å². The largest absolute Gasteiger partial charge is 0.494 e. The molecule has 9 nitrogen and oxygen atoms in total. The first-order valence-corrected chi connectivity index (χ1v) is 7.81. The Balaban J connectivity index is 1.79. The van der Waals surface area contributed by atoms with Gasteiger partial charge in [-0.05, 0) is 18.6 Å². The molecule has 1 aliphatic heterocycles. The number of nitrogens with one attached hydrogen (secondary N) is 2. The van der Waals surface area contributed by atoms with Crippen molar-refractivity contribution in [3.63, 3.8) is 0 Å². The van der Waals surface area contributed by atoms with Gasteiger partial charge >= 0.3 is 6.03 Å². The van der Waals surface area contributed by atoms with E-state index < -0.39 is 12.1 Å². The molecule has 9 heteroatoms. The van der Waals surface area contributed by atoms with E-state index in [9.17, 15) is 9.59 Å². The fraction of sp³-hybridized carbons (Fsp3) is 0.312. The number of fused-ring (bicyclic) bond motifs is 1. The summed E-state index contributed by atoms with van der Waals surface area (Å²) >= 11 is 0. The fourth-order valence-electron chi connectivity index (χ4n) is 2.47. The van der Waals surface area contributed by atoms with Crippen LogP contribution in [0.2, 0.25) is 0 Å². The number of amides is 3. The minimum absolute atomic E-state index is 0.101. The first-order chi connectivity index (χ1) is 12.1. The first kappa shape index (κ1) is 16.6. The Labute approximate surface area is 144 Å². The molecule has 1 unspecified atom stereocenters. The highest BCUT2D eigenvalue weighted by molar-refractivity contribution is 6.08. The maximum absolute atomic E-state index is 12.7. The number of carbonyl (C=O) groups excluding carboxylic acids is 2. The number of hydrogen-bond acceptors (Lipinski definition) is 6. The lowest BCUT2D eigenvalue weighted by Crippen LogP contribution is -2.48. The molecule has 130 valence electrons. The van der Waals surface area contributed by atoms with Gasteiger partial charge < -0.3 is 15.4 Å². The molecule has 0 aliphatic carbocycles. The van der Waals surface area contributed by atoms with Crippen LogP contribution < -0.4 is 20.3 Å². The van der Waals surface area contributed by atoms with E-state index in [0.717, 1.165) is 0 Å². The molecule has 0 spiro atoms. The van der Waals surface area contributed by atoms with Crippen molar-refractivity contribution in [2.75, 3.05) is 23.9 Å². The molecule has 0 saturated carbocycles. The molecule has 2 N–H and O–H groups in total. The van der Waals surface area contributed by atoms with Gasteiger partial charge in [-0.25, -0.2) is 19.7 Å². The Bertz CT molecular complexity index is 780. The van der Waals surface area contributed by atoms with E-state index in [1.54, 1.807) is 30.7 Å². The quantitative estimate of drug-likeness (QED) is 0.871. The highest BCUT2D eigenvalue weighted by Gasteiger charge is 2.29. The number of hydrogen-bond donors (Lipinski definition) is 2. The molecule has 3 amide bonds. The van der Waals surface area contributed by atoms with Gasteiger partial charge in [0.05, 0.1) is 31.2 Å². The van der Waals surface area contributed by atoms with Gasteiger partial charge in [-0.3, -0.25) is 9.69 Å². The number of carbonyl (C=O) groups is 2. The van der Waals surface area contributed by atoms with Crippen molar-refractivity contribution in [2.45, 2.75) is 19.4 Å². The smallest absolute Gasteiger partial charge is 0.324 e. The van der Waals surface area contributed by atoms with Gasteiger partial charge in [-0.15, -0.1) is 0 Å². The standard InChI is InChI=1S/C16H18N6O3/c1-3-11(14-18-7-10(25-2)8-19-14)21-16(24)22-9-13(23)20-12-5-4-6-17-15(12)22/h4-8,11H,3,9H2,1-2H3,(H,20,23)(H,21,24). The second kappa shape index (κ2) is 7.12. The van der Waals surface area contributed by atoms with Crippen LogP contribution in [0.1, 0.15) is 25.2 Å². The molecule has 3 rings (SSSR count). The Kier molecular flexibility index (Phi) is 4.73. The zero-order valence-corrected chi connectivity index (χ0v) is 13.9. The second-order valence-electron chi connectivity index (χ2n) is 5.40. The van der Waals surface area contributed by atoms with Crippen molar-refractivity contribution < 1.29 is 14.3 Å². The number of aromatic nitrogens is 3. The summed E-state index contributed by atoms with van der Waals surface area (Å²) < 4.78 is 5.04. The van der Waals surface area contributed by atoms with E-state index in [4.69, 9.17) is 4.74 Å². The third-order valence-corrected chi connectivity index (χ3v) is 3.76. The van der Waals surface area contributed by atoms with E-state index in [2.05, 4.69) is 25.6 Å². The molecule has 25 heavy (non-hydrogen) atoms. The molecule has 1 aliphatic rings. The van der Waals surface area contributed by atoms with E-state index >= 15 is 0 Å². The number of nitrogens with zero attached hydrogens (tertiary/aromatic N) is 4. The van der Waals surface area contributed by atoms with Crippen LogP contribution in [-0.4, -0.2) is 40.5 Å². The van der Waals surface area contributed by atoms with Crippen LogP contribution in [0.15, 0.2) is 30.7 Å². The molecule has 0 radical (unpaired) electrons. The average molecular weight is 342 g/mol. The monoisotopic (exact) mass is 342 g/mol. The van der Waals surface area contributed by atoms with Gasteiger partial charge in [0, 0.05) is 6.20 Å². The second-order valence-corrected chi connectivity index (χ2v) is 5.40. The lowest BCUT2D eigenvalue weighted by molar-refractivity contribution is -0.115. The lowest BCUT2D eigenvalue weighted by Gasteiger charge is -2.29. The molecule has 0 bridgehead atoms. The van der Waals surface area contributed by atoms with Crippen molar-refractivity contribution >= 4 is 23.4 Å². The maximum Gasteiger partial charge on any atom is 0.324 e. The normalized spacial score (nSPS) is 14.3. The number of rotatable bonds is 4. The predicted molar refractivity (Wildman–Crippen MR) is 90.4 cm³/mol. The molecule has 3 heterocycles. The van der Waals surface area contributed by atoms with Crippen molar-refractivity contribution in [2.24, 2.45) is 0 Å². The van der Waals surface area contributed by atoms with Crippen LogP contribution in [0.5, 0.6) is 5.75 Å². The zero-order valence-electron chi connectivity index (χ0n) is 13.9. The third kappa shape index (κ3) is 3.49. The lowest BCUT2D eigenvalue weighted by atomic mass is 10.2. The molecule has 2 aromatic heterocycles. The highest BCUT2D eigenvalue weighted by Crippen LogP contribution is 2.26.